The van der Waals surface area contributed by atoms with Gasteiger partial charge in [0.1, 0.15) is 5.75 Å². The summed E-state index contributed by atoms with van der Waals surface area (Å²) in [5.41, 5.74) is 1.36. The molecule has 2 saturated heterocycles. The Balaban J connectivity index is 0.00000341. The molecule has 3 rings (SSSR count). The van der Waals surface area contributed by atoms with Crippen LogP contribution in [0.5, 0.6) is 5.75 Å². The van der Waals surface area contributed by atoms with Gasteiger partial charge in [-0.15, -0.1) is 24.0 Å². The minimum absolute atomic E-state index is 0. The van der Waals surface area contributed by atoms with Crippen LogP contribution >= 0.6 is 24.0 Å². The van der Waals surface area contributed by atoms with Crippen LogP contribution in [0.15, 0.2) is 29.3 Å². The Morgan fingerprint density at radius 1 is 1.26 bits per heavy atom. The lowest BCUT2D eigenvalue weighted by Gasteiger charge is -2.32. The van der Waals surface area contributed by atoms with Crippen molar-refractivity contribution in [3.05, 3.63) is 29.8 Å². The van der Waals surface area contributed by atoms with Crippen molar-refractivity contribution in [3.63, 3.8) is 0 Å². The van der Waals surface area contributed by atoms with E-state index in [0.29, 0.717) is 12.5 Å². The fraction of sp³-hybridized carbons (Fsp3) is 0.696. The second-order valence-electron chi connectivity index (χ2n) is 8.65. The molecule has 176 valence electrons. The van der Waals surface area contributed by atoms with E-state index >= 15 is 0 Å². The monoisotopic (exact) mass is 546 g/mol. The lowest BCUT2D eigenvalue weighted by molar-refractivity contribution is 0.127. The van der Waals surface area contributed by atoms with Crippen LogP contribution in [-0.2, 0) is 11.3 Å². The first kappa shape index (κ1) is 26.2. The summed E-state index contributed by atoms with van der Waals surface area (Å²) in [6.07, 6.45) is 4.15. The number of benzene rings is 1. The second-order valence-corrected chi connectivity index (χ2v) is 8.65. The number of halogens is 1. The summed E-state index contributed by atoms with van der Waals surface area (Å²) in [7, 11) is 3.52. The molecule has 2 heterocycles. The van der Waals surface area contributed by atoms with Gasteiger partial charge in [-0.25, -0.2) is 0 Å². The Bertz CT molecular complexity index is 657. The third-order valence-electron chi connectivity index (χ3n) is 6.51. The number of ether oxygens (including phenoxy) is 2. The number of piperidine rings is 1. The van der Waals surface area contributed by atoms with E-state index in [1.54, 1.807) is 7.11 Å². The van der Waals surface area contributed by atoms with E-state index in [1.165, 1.54) is 18.4 Å². The predicted molar refractivity (Wildman–Crippen MR) is 135 cm³/mol. The quantitative estimate of drug-likeness (QED) is 0.251. The van der Waals surface area contributed by atoms with E-state index in [-0.39, 0.29) is 36.0 Å². The van der Waals surface area contributed by atoms with Crippen molar-refractivity contribution < 1.29 is 14.6 Å². The summed E-state index contributed by atoms with van der Waals surface area (Å²) < 4.78 is 10.8. The van der Waals surface area contributed by atoms with Crippen LogP contribution in [0.2, 0.25) is 0 Å². The fourth-order valence-electron chi connectivity index (χ4n) is 4.38. The number of aliphatic hydroxyl groups excluding tert-OH is 1. The molecule has 1 atom stereocenters. The molecule has 31 heavy (non-hydrogen) atoms. The number of nitrogens with zero attached hydrogens (tertiary/aromatic N) is 2. The van der Waals surface area contributed by atoms with Crippen LogP contribution in [-0.4, -0.2) is 76.1 Å². The molecule has 2 aliphatic rings. The zero-order chi connectivity index (χ0) is 21.2. The van der Waals surface area contributed by atoms with Crippen molar-refractivity contribution in [2.45, 2.75) is 32.2 Å². The van der Waals surface area contributed by atoms with Crippen LogP contribution in [0.3, 0.4) is 0 Å². The van der Waals surface area contributed by atoms with Gasteiger partial charge in [-0.2, -0.15) is 0 Å². The van der Waals surface area contributed by atoms with Crippen LogP contribution in [0.1, 0.15) is 31.2 Å². The molecule has 2 fully saturated rings. The van der Waals surface area contributed by atoms with Gasteiger partial charge in [-0.05, 0) is 62.4 Å². The van der Waals surface area contributed by atoms with Crippen LogP contribution in [0.25, 0.3) is 0 Å². The van der Waals surface area contributed by atoms with Crippen LogP contribution in [0.4, 0.5) is 0 Å². The summed E-state index contributed by atoms with van der Waals surface area (Å²) >= 11 is 0. The zero-order valence-corrected chi connectivity index (χ0v) is 21.3. The lowest BCUT2D eigenvalue weighted by atomic mass is 9.84. The average molecular weight is 546 g/mol. The summed E-state index contributed by atoms with van der Waals surface area (Å²) in [5, 5.41) is 16.3. The molecule has 0 bridgehead atoms. The Morgan fingerprint density at radius 3 is 2.58 bits per heavy atom. The second kappa shape index (κ2) is 13.4. The molecule has 1 unspecified atom stereocenters. The smallest absolute Gasteiger partial charge is 0.191 e. The van der Waals surface area contributed by atoms with Crippen molar-refractivity contribution >= 4 is 29.9 Å². The Labute approximate surface area is 204 Å². The van der Waals surface area contributed by atoms with Gasteiger partial charge in [0.15, 0.2) is 5.96 Å². The SMILES string of the molecule is CN=C(NCC1CCN(Cc2ccc(OC)cc2)CC1)NCC1(CCO)CCOC1.I. The van der Waals surface area contributed by atoms with Gasteiger partial charge < -0.3 is 25.2 Å². The summed E-state index contributed by atoms with van der Waals surface area (Å²) in [5.74, 6) is 2.42. The third-order valence-corrected chi connectivity index (χ3v) is 6.51. The van der Waals surface area contributed by atoms with E-state index in [0.717, 1.165) is 63.9 Å². The highest BCUT2D eigenvalue weighted by atomic mass is 127. The van der Waals surface area contributed by atoms with E-state index in [2.05, 4.69) is 32.7 Å². The van der Waals surface area contributed by atoms with Gasteiger partial charge in [-0.1, -0.05) is 12.1 Å². The number of guanidine groups is 1. The first-order chi connectivity index (χ1) is 14.7. The Hall–Kier alpha value is -1.10. The molecule has 0 aliphatic carbocycles. The van der Waals surface area contributed by atoms with Crippen molar-refractivity contribution in [2.24, 2.45) is 16.3 Å². The first-order valence-corrected chi connectivity index (χ1v) is 11.1. The molecule has 0 saturated carbocycles. The number of hydrogen-bond acceptors (Lipinski definition) is 5. The molecule has 1 aromatic carbocycles. The number of methoxy groups -OCH3 is 1. The van der Waals surface area contributed by atoms with E-state index in [9.17, 15) is 5.11 Å². The molecule has 1 aromatic rings. The number of likely N-dealkylation sites (tertiary alicyclic amines) is 1. The topological polar surface area (TPSA) is 78.4 Å². The minimum atomic E-state index is 0. The maximum absolute atomic E-state index is 9.39. The lowest BCUT2D eigenvalue weighted by Crippen LogP contribution is -2.46. The van der Waals surface area contributed by atoms with Crippen molar-refractivity contribution in [1.29, 1.82) is 0 Å². The van der Waals surface area contributed by atoms with Crippen LogP contribution in [0, 0.1) is 11.3 Å². The van der Waals surface area contributed by atoms with Gasteiger partial charge in [0.2, 0.25) is 0 Å². The normalized spacial score (nSPS) is 22.7. The van der Waals surface area contributed by atoms with E-state index in [1.807, 2.05) is 19.2 Å². The molecule has 2 aliphatic heterocycles. The largest absolute Gasteiger partial charge is 0.497 e. The number of rotatable bonds is 9. The minimum Gasteiger partial charge on any atom is -0.497 e. The number of nitrogens with one attached hydrogen (secondary N) is 2. The standard InChI is InChI=1S/C23H38N4O3.HI/c1-24-22(26-17-23(9-13-28)10-14-30-18-23)25-15-19-7-11-27(12-8-19)16-20-3-5-21(29-2)6-4-20;/h3-6,19,28H,7-18H2,1-2H3,(H2,24,25,26);1H. The highest BCUT2D eigenvalue weighted by Gasteiger charge is 2.34. The molecule has 0 radical (unpaired) electrons. The molecular weight excluding hydrogens is 507 g/mol. The van der Waals surface area contributed by atoms with Crippen LogP contribution < -0.4 is 15.4 Å². The van der Waals surface area contributed by atoms with Crippen molar-refractivity contribution in [2.75, 3.05) is 60.2 Å². The molecule has 8 heteroatoms. The predicted octanol–water partition coefficient (Wildman–Crippen LogP) is 2.48. The molecule has 0 aromatic heterocycles. The van der Waals surface area contributed by atoms with Gasteiger partial charge >= 0.3 is 0 Å². The van der Waals surface area contributed by atoms with E-state index in [4.69, 9.17) is 9.47 Å². The molecule has 0 amide bonds. The molecular formula is C23H39IN4O3. The Morgan fingerprint density at radius 2 is 2.00 bits per heavy atom. The maximum Gasteiger partial charge on any atom is 0.191 e. The van der Waals surface area contributed by atoms with Gasteiger partial charge in [-0.3, -0.25) is 9.89 Å². The Kier molecular flexibility index (Phi) is 11.3. The van der Waals surface area contributed by atoms with Crippen molar-refractivity contribution in [1.82, 2.24) is 15.5 Å². The summed E-state index contributed by atoms with van der Waals surface area (Å²) in [6.45, 7) is 6.68. The number of aliphatic imine (C=N–C) groups is 1. The fourth-order valence-corrected chi connectivity index (χ4v) is 4.38. The first-order valence-electron chi connectivity index (χ1n) is 11.1. The maximum atomic E-state index is 9.39. The molecule has 3 N–H and O–H groups in total. The molecule has 0 spiro atoms. The third kappa shape index (κ3) is 8.07. The average Bonchev–Trinajstić information content (AvgIpc) is 3.24. The van der Waals surface area contributed by atoms with Gasteiger partial charge in [0.25, 0.3) is 0 Å². The number of hydrogen-bond donors (Lipinski definition) is 3. The zero-order valence-electron chi connectivity index (χ0n) is 18.9. The van der Waals surface area contributed by atoms with Gasteiger partial charge in [0, 0.05) is 45.3 Å². The summed E-state index contributed by atoms with van der Waals surface area (Å²) in [6, 6.07) is 8.38. The van der Waals surface area contributed by atoms with Crippen molar-refractivity contribution in [3.8, 4) is 5.75 Å². The highest BCUT2D eigenvalue weighted by molar-refractivity contribution is 14.0. The number of aliphatic hydroxyl groups is 1. The summed E-state index contributed by atoms with van der Waals surface area (Å²) in [4.78, 5) is 6.91. The van der Waals surface area contributed by atoms with Gasteiger partial charge in [0.05, 0.1) is 13.7 Å². The molecule has 7 nitrogen and oxygen atoms in total. The highest BCUT2D eigenvalue weighted by Crippen LogP contribution is 2.31. The van der Waals surface area contributed by atoms with E-state index < -0.39 is 0 Å².